The Morgan fingerprint density at radius 2 is 2.06 bits per heavy atom. The normalized spacial score (nSPS) is 18.0. The number of nitrogens with zero attached hydrogens (tertiary/aromatic N) is 1. The fraction of sp³-hybridized carbons (Fsp3) is 0.571. The second-order valence-electron chi connectivity index (χ2n) is 5.28. The second kappa shape index (κ2) is 5.24. The van der Waals surface area contributed by atoms with E-state index in [-0.39, 0.29) is 5.82 Å². The first-order valence-corrected chi connectivity index (χ1v) is 6.46. The van der Waals surface area contributed by atoms with Gasteiger partial charge >= 0.3 is 0 Å². The van der Waals surface area contributed by atoms with Crippen LogP contribution in [-0.4, -0.2) is 24.3 Å². The van der Waals surface area contributed by atoms with E-state index in [1.807, 2.05) is 13.1 Å². The number of aliphatic hydroxyl groups is 1. The maximum Gasteiger partial charge on any atom is 0.146 e. The minimum Gasteiger partial charge on any atom is -0.388 e. The lowest BCUT2D eigenvalue weighted by atomic mass is 10.0. The van der Waals surface area contributed by atoms with Gasteiger partial charge in [-0.2, -0.15) is 0 Å². The highest BCUT2D eigenvalue weighted by atomic mass is 19.1. The van der Waals surface area contributed by atoms with Crippen molar-refractivity contribution in [1.29, 1.82) is 0 Å². The van der Waals surface area contributed by atoms with Gasteiger partial charge in [0.1, 0.15) is 5.82 Å². The van der Waals surface area contributed by atoms with E-state index >= 15 is 0 Å². The van der Waals surface area contributed by atoms with Crippen molar-refractivity contribution < 1.29 is 9.50 Å². The number of benzene rings is 1. The smallest absolute Gasteiger partial charge is 0.146 e. The molecule has 2 rings (SSSR count). The van der Waals surface area contributed by atoms with Crippen molar-refractivity contribution in [3.05, 3.63) is 29.6 Å². The number of hydrogen-bond acceptors (Lipinski definition) is 3. The first-order valence-electron chi connectivity index (χ1n) is 6.46. The molecule has 0 radical (unpaired) electrons. The van der Waals surface area contributed by atoms with E-state index in [4.69, 9.17) is 5.73 Å². The Morgan fingerprint density at radius 3 is 2.61 bits per heavy atom. The predicted octanol–water partition coefficient (Wildman–Crippen LogP) is 2.03. The molecule has 1 aliphatic carbocycles. The van der Waals surface area contributed by atoms with Crippen LogP contribution in [0.4, 0.5) is 10.1 Å². The van der Waals surface area contributed by atoms with E-state index in [2.05, 4.69) is 0 Å². The molecule has 0 unspecified atom stereocenters. The van der Waals surface area contributed by atoms with Crippen molar-refractivity contribution in [2.24, 2.45) is 5.73 Å². The first-order chi connectivity index (χ1) is 8.54. The zero-order chi connectivity index (χ0) is 13.2. The lowest BCUT2D eigenvalue weighted by Crippen LogP contribution is -2.39. The number of nitrogens with two attached hydrogens (primary N) is 1. The molecule has 1 saturated carbocycles. The minimum atomic E-state index is -0.659. The monoisotopic (exact) mass is 252 g/mol. The van der Waals surface area contributed by atoms with Gasteiger partial charge in [0.2, 0.25) is 0 Å². The molecule has 0 spiro atoms. The number of halogens is 1. The predicted molar refractivity (Wildman–Crippen MR) is 71.0 cm³/mol. The van der Waals surface area contributed by atoms with Crippen LogP contribution in [0.2, 0.25) is 0 Å². The minimum absolute atomic E-state index is 0.276. The van der Waals surface area contributed by atoms with E-state index < -0.39 is 5.60 Å². The van der Waals surface area contributed by atoms with Crippen molar-refractivity contribution in [1.82, 2.24) is 0 Å². The second-order valence-corrected chi connectivity index (χ2v) is 5.28. The molecule has 18 heavy (non-hydrogen) atoms. The highest BCUT2D eigenvalue weighted by Crippen LogP contribution is 2.31. The maximum atomic E-state index is 13.9. The summed E-state index contributed by atoms with van der Waals surface area (Å²) in [7, 11) is 1.82. The third-order valence-electron chi connectivity index (χ3n) is 3.72. The molecular weight excluding hydrogens is 231 g/mol. The van der Waals surface area contributed by atoms with Crippen LogP contribution in [0.15, 0.2) is 18.2 Å². The molecular formula is C14H21FN2O. The lowest BCUT2D eigenvalue weighted by Gasteiger charge is -2.30. The number of likely N-dealkylation sites (N-methyl/N-ethyl adjacent to an activating group) is 1. The topological polar surface area (TPSA) is 49.5 Å². The van der Waals surface area contributed by atoms with Crippen LogP contribution < -0.4 is 10.6 Å². The van der Waals surface area contributed by atoms with E-state index in [9.17, 15) is 9.50 Å². The van der Waals surface area contributed by atoms with Crippen LogP contribution in [0, 0.1) is 5.82 Å². The van der Waals surface area contributed by atoms with Crippen molar-refractivity contribution in [3.63, 3.8) is 0 Å². The zero-order valence-electron chi connectivity index (χ0n) is 10.8. The van der Waals surface area contributed by atoms with Gasteiger partial charge in [0, 0.05) is 20.1 Å². The van der Waals surface area contributed by atoms with Crippen molar-refractivity contribution in [2.75, 3.05) is 18.5 Å². The summed E-state index contributed by atoms with van der Waals surface area (Å²) in [6, 6.07) is 5.02. The SMILES string of the molecule is CN(CC1(O)CCCC1)c1ccc(CN)cc1F. The van der Waals surface area contributed by atoms with Crippen LogP contribution in [0.1, 0.15) is 31.2 Å². The van der Waals surface area contributed by atoms with Crippen LogP contribution in [0.25, 0.3) is 0 Å². The molecule has 1 aromatic rings. The molecule has 4 heteroatoms. The molecule has 1 aromatic carbocycles. The fourth-order valence-electron chi connectivity index (χ4n) is 2.70. The number of anilines is 1. The molecule has 0 saturated heterocycles. The van der Waals surface area contributed by atoms with Gasteiger partial charge in [-0.15, -0.1) is 0 Å². The highest BCUT2D eigenvalue weighted by molar-refractivity contribution is 5.48. The van der Waals surface area contributed by atoms with Gasteiger partial charge in [0.25, 0.3) is 0 Å². The van der Waals surface area contributed by atoms with Crippen molar-refractivity contribution in [2.45, 2.75) is 37.8 Å². The number of hydrogen-bond donors (Lipinski definition) is 2. The van der Waals surface area contributed by atoms with Gasteiger partial charge in [-0.05, 0) is 30.5 Å². The molecule has 3 N–H and O–H groups in total. The Bertz CT molecular complexity index is 416. The molecule has 0 amide bonds. The molecule has 3 nitrogen and oxygen atoms in total. The molecule has 0 atom stereocenters. The van der Waals surface area contributed by atoms with Crippen molar-refractivity contribution in [3.8, 4) is 0 Å². The van der Waals surface area contributed by atoms with E-state index in [0.717, 1.165) is 31.2 Å². The molecule has 100 valence electrons. The van der Waals surface area contributed by atoms with E-state index in [1.54, 1.807) is 11.0 Å². The largest absolute Gasteiger partial charge is 0.388 e. The highest BCUT2D eigenvalue weighted by Gasteiger charge is 2.32. The standard InChI is InChI=1S/C14H21FN2O/c1-17(10-14(18)6-2-3-7-14)13-5-4-11(9-16)8-12(13)15/h4-5,8,18H,2-3,6-7,9-10,16H2,1H3. The zero-order valence-corrected chi connectivity index (χ0v) is 10.8. The quantitative estimate of drug-likeness (QED) is 0.862. The summed E-state index contributed by atoms with van der Waals surface area (Å²) < 4.78 is 13.9. The summed E-state index contributed by atoms with van der Waals surface area (Å²) in [6.45, 7) is 0.816. The Morgan fingerprint density at radius 1 is 1.39 bits per heavy atom. The average molecular weight is 252 g/mol. The average Bonchev–Trinajstić information content (AvgIpc) is 2.75. The molecule has 1 fully saturated rings. The summed E-state index contributed by atoms with van der Waals surface area (Å²) in [5.41, 5.74) is 6.12. The number of rotatable bonds is 4. The summed E-state index contributed by atoms with van der Waals surface area (Å²) in [4.78, 5) is 1.79. The van der Waals surface area contributed by atoms with Crippen LogP contribution >= 0.6 is 0 Å². The first kappa shape index (κ1) is 13.3. The van der Waals surface area contributed by atoms with Crippen LogP contribution in [-0.2, 0) is 6.54 Å². The lowest BCUT2D eigenvalue weighted by molar-refractivity contribution is 0.0558. The van der Waals surface area contributed by atoms with Gasteiger partial charge < -0.3 is 15.7 Å². The third kappa shape index (κ3) is 2.82. The summed E-state index contributed by atoms with van der Waals surface area (Å²) in [5.74, 6) is -0.276. The van der Waals surface area contributed by atoms with Gasteiger partial charge in [0.05, 0.1) is 11.3 Å². The Kier molecular flexibility index (Phi) is 3.88. The summed E-state index contributed by atoms with van der Waals surface area (Å²) in [5, 5.41) is 10.3. The molecule has 0 heterocycles. The van der Waals surface area contributed by atoms with Crippen LogP contribution in [0.3, 0.4) is 0 Å². The molecule has 1 aliphatic rings. The maximum absolute atomic E-state index is 13.9. The Labute approximate surface area is 107 Å². The third-order valence-corrected chi connectivity index (χ3v) is 3.72. The van der Waals surface area contributed by atoms with Gasteiger partial charge in [-0.25, -0.2) is 4.39 Å². The van der Waals surface area contributed by atoms with Gasteiger partial charge in [-0.3, -0.25) is 0 Å². The van der Waals surface area contributed by atoms with Gasteiger partial charge in [0.15, 0.2) is 0 Å². The van der Waals surface area contributed by atoms with Gasteiger partial charge in [-0.1, -0.05) is 18.9 Å². The van der Waals surface area contributed by atoms with Crippen LogP contribution in [0.5, 0.6) is 0 Å². The fourth-order valence-corrected chi connectivity index (χ4v) is 2.70. The summed E-state index contributed by atoms with van der Waals surface area (Å²) >= 11 is 0. The van der Waals surface area contributed by atoms with Crippen molar-refractivity contribution >= 4 is 5.69 Å². The van der Waals surface area contributed by atoms with E-state index in [1.165, 1.54) is 6.07 Å². The molecule has 0 bridgehead atoms. The Hall–Kier alpha value is -1.13. The summed E-state index contributed by atoms with van der Waals surface area (Å²) in [6.07, 6.45) is 3.72. The Balaban J connectivity index is 2.11. The molecule has 0 aromatic heterocycles. The van der Waals surface area contributed by atoms with E-state index in [0.29, 0.717) is 18.8 Å². The molecule has 0 aliphatic heterocycles.